The van der Waals surface area contributed by atoms with E-state index in [1.54, 1.807) is 0 Å². The fraction of sp³-hybridized carbons (Fsp3) is 0.500. The van der Waals surface area contributed by atoms with E-state index in [1.165, 1.54) is 0 Å². The van der Waals surface area contributed by atoms with E-state index in [0.29, 0.717) is 6.61 Å². The molecule has 0 radical (unpaired) electrons. The van der Waals surface area contributed by atoms with E-state index in [-0.39, 0.29) is 11.9 Å². The van der Waals surface area contributed by atoms with Gasteiger partial charge >= 0.3 is 0 Å². The van der Waals surface area contributed by atoms with E-state index in [2.05, 4.69) is 15.9 Å². The average Bonchev–Trinajstić information content (AvgIpc) is 2.57. The number of hydrogen-bond donors (Lipinski definition) is 1. The standard InChI is InChI=1S/C12H16BrFO2/c13-8-12(14,9-15)10-16-7-11-5-3-1-2-4-6-11/h1,3-6,15H,2,7-10H2. The number of ether oxygens (including phenoxy) is 1. The molecule has 90 valence electrons. The Morgan fingerprint density at radius 1 is 1.50 bits per heavy atom. The summed E-state index contributed by atoms with van der Waals surface area (Å²) < 4.78 is 18.9. The molecule has 1 atom stereocenters. The van der Waals surface area contributed by atoms with Crippen LogP contribution in [-0.2, 0) is 4.74 Å². The van der Waals surface area contributed by atoms with Crippen molar-refractivity contribution in [1.82, 2.24) is 0 Å². The molecular formula is C12H16BrFO2. The second kappa shape index (κ2) is 6.99. The van der Waals surface area contributed by atoms with Crippen LogP contribution in [0.5, 0.6) is 0 Å². The Morgan fingerprint density at radius 2 is 2.31 bits per heavy atom. The SMILES string of the molecule is OCC(F)(CBr)COCC1=CC=CCC=C1. The van der Waals surface area contributed by atoms with Crippen LogP contribution >= 0.6 is 15.9 Å². The van der Waals surface area contributed by atoms with Gasteiger partial charge < -0.3 is 9.84 Å². The van der Waals surface area contributed by atoms with E-state index in [1.807, 2.05) is 30.4 Å². The summed E-state index contributed by atoms with van der Waals surface area (Å²) in [6.07, 6.45) is 10.8. The van der Waals surface area contributed by atoms with Crippen molar-refractivity contribution in [2.75, 3.05) is 25.2 Å². The van der Waals surface area contributed by atoms with Crippen molar-refractivity contribution in [2.45, 2.75) is 12.1 Å². The highest BCUT2D eigenvalue weighted by Gasteiger charge is 2.27. The largest absolute Gasteiger partial charge is 0.393 e. The first-order valence-corrected chi connectivity index (χ1v) is 6.28. The van der Waals surface area contributed by atoms with Gasteiger partial charge in [-0.25, -0.2) is 4.39 Å². The topological polar surface area (TPSA) is 29.5 Å². The molecule has 16 heavy (non-hydrogen) atoms. The zero-order valence-electron chi connectivity index (χ0n) is 9.03. The number of rotatable bonds is 6. The van der Waals surface area contributed by atoms with Crippen molar-refractivity contribution < 1.29 is 14.2 Å². The van der Waals surface area contributed by atoms with E-state index in [0.717, 1.165) is 12.0 Å². The van der Waals surface area contributed by atoms with Crippen molar-refractivity contribution in [3.63, 3.8) is 0 Å². The molecule has 0 spiro atoms. The molecule has 0 heterocycles. The van der Waals surface area contributed by atoms with Gasteiger partial charge in [0.15, 0.2) is 5.67 Å². The van der Waals surface area contributed by atoms with Crippen LogP contribution in [-0.4, -0.2) is 35.9 Å². The summed E-state index contributed by atoms with van der Waals surface area (Å²) in [5.41, 5.74) is -0.686. The average molecular weight is 291 g/mol. The van der Waals surface area contributed by atoms with Crippen LogP contribution in [0.1, 0.15) is 6.42 Å². The zero-order chi connectivity index (χ0) is 11.9. The highest BCUT2D eigenvalue weighted by atomic mass is 79.9. The fourth-order valence-corrected chi connectivity index (χ4v) is 1.54. The summed E-state index contributed by atoms with van der Waals surface area (Å²) in [5, 5.41) is 8.92. The lowest BCUT2D eigenvalue weighted by Gasteiger charge is -2.19. The van der Waals surface area contributed by atoms with Crippen molar-refractivity contribution in [1.29, 1.82) is 0 Å². The van der Waals surface area contributed by atoms with Gasteiger partial charge in [0.05, 0.1) is 19.8 Å². The molecule has 0 aliphatic heterocycles. The third-order valence-corrected chi connectivity index (χ3v) is 3.21. The number of aliphatic hydroxyl groups is 1. The predicted octanol–water partition coefficient (Wildman–Crippen LogP) is 2.54. The van der Waals surface area contributed by atoms with Crippen molar-refractivity contribution in [2.24, 2.45) is 0 Å². The quantitative estimate of drug-likeness (QED) is 0.762. The summed E-state index contributed by atoms with van der Waals surface area (Å²) in [5.74, 6) is 0. The summed E-state index contributed by atoms with van der Waals surface area (Å²) in [6.45, 7) is -0.282. The summed E-state index contributed by atoms with van der Waals surface area (Å²) in [7, 11) is 0. The number of aliphatic hydroxyl groups excluding tert-OH is 1. The Bertz CT molecular complexity index is 293. The monoisotopic (exact) mass is 290 g/mol. The molecule has 1 aliphatic rings. The number of hydrogen-bond acceptors (Lipinski definition) is 2. The molecule has 0 fully saturated rings. The second-order valence-corrected chi connectivity index (χ2v) is 4.30. The molecule has 0 aromatic carbocycles. The van der Waals surface area contributed by atoms with Gasteiger partial charge in [-0.1, -0.05) is 46.3 Å². The summed E-state index contributed by atoms with van der Waals surface area (Å²) in [6, 6.07) is 0. The second-order valence-electron chi connectivity index (χ2n) is 3.74. The zero-order valence-corrected chi connectivity index (χ0v) is 10.6. The van der Waals surface area contributed by atoms with Gasteiger partial charge in [0.1, 0.15) is 0 Å². The first-order chi connectivity index (χ1) is 7.70. The first-order valence-electron chi connectivity index (χ1n) is 5.16. The van der Waals surface area contributed by atoms with E-state index < -0.39 is 12.3 Å². The molecule has 4 heteroatoms. The van der Waals surface area contributed by atoms with Gasteiger partial charge in [-0.05, 0) is 12.0 Å². The molecule has 0 saturated heterocycles. The van der Waals surface area contributed by atoms with Gasteiger partial charge in [-0.2, -0.15) is 0 Å². The fourth-order valence-electron chi connectivity index (χ4n) is 1.20. The third kappa shape index (κ3) is 4.60. The summed E-state index contributed by atoms with van der Waals surface area (Å²) >= 11 is 3.02. The maximum atomic E-state index is 13.6. The number of allylic oxidation sites excluding steroid dienone is 4. The maximum absolute atomic E-state index is 13.6. The Balaban J connectivity index is 2.35. The van der Waals surface area contributed by atoms with Crippen molar-refractivity contribution in [3.05, 3.63) is 36.0 Å². The highest BCUT2D eigenvalue weighted by Crippen LogP contribution is 2.15. The maximum Gasteiger partial charge on any atom is 0.166 e. The Morgan fingerprint density at radius 3 is 3.00 bits per heavy atom. The lowest BCUT2D eigenvalue weighted by atomic mass is 10.2. The van der Waals surface area contributed by atoms with E-state index >= 15 is 0 Å². The van der Waals surface area contributed by atoms with Crippen LogP contribution in [0, 0.1) is 0 Å². The lowest BCUT2D eigenvalue weighted by Crippen LogP contribution is -2.35. The van der Waals surface area contributed by atoms with Gasteiger partial charge in [0, 0.05) is 5.33 Å². The van der Waals surface area contributed by atoms with Crippen molar-refractivity contribution in [3.8, 4) is 0 Å². The van der Waals surface area contributed by atoms with Gasteiger partial charge in [-0.3, -0.25) is 0 Å². The summed E-state index contributed by atoms with van der Waals surface area (Å²) in [4.78, 5) is 0. The highest BCUT2D eigenvalue weighted by molar-refractivity contribution is 9.09. The van der Waals surface area contributed by atoms with Crippen LogP contribution in [0.4, 0.5) is 4.39 Å². The molecule has 1 rings (SSSR count). The molecule has 1 unspecified atom stereocenters. The third-order valence-electron chi connectivity index (χ3n) is 2.20. The first kappa shape index (κ1) is 13.6. The van der Waals surface area contributed by atoms with Crippen LogP contribution in [0.3, 0.4) is 0 Å². The van der Waals surface area contributed by atoms with E-state index in [4.69, 9.17) is 9.84 Å². The van der Waals surface area contributed by atoms with Crippen molar-refractivity contribution >= 4 is 15.9 Å². The minimum absolute atomic E-state index is 0.0747. The molecule has 0 bridgehead atoms. The minimum Gasteiger partial charge on any atom is -0.393 e. The normalized spacial score (nSPS) is 19.1. The Hall–Kier alpha value is -0.450. The number of halogens is 2. The Labute approximate surface area is 104 Å². The van der Waals surface area contributed by atoms with Crippen LogP contribution in [0.15, 0.2) is 36.0 Å². The molecule has 2 nitrogen and oxygen atoms in total. The molecule has 0 amide bonds. The van der Waals surface area contributed by atoms with Gasteiger partial charge in [0.2, 0.25) is 0 Å². The van der Waals surface area contributed by atoms with Crippen LogP contribution < -0.4 is 0 Å². The molecule has 1 N–H and O–H groups in total. The molecule has 0 aromatic rings. The minimum atomic E-state index is -1.69. The van der Waals surface area contributed by atoms with Crippen LogP contribution in [0.2, 0.25) is 0 Å². The smallest absolute Gasteiger partial charge is 0.166 e. The molecular weight excluding hydrogens is 275 g/mol. The van der Waals surface area contributed by atoms with Gasteiger partial charge in [0.25, 0.3) is 0 Å². The number of alkyl halides is 2. The molecule has 0 saturated carbocycles. The lowest BCUT2D eigenvalue weighted by molar-refractivity contribution is 0.00285. The Kier molecular flexibility index (Phi) is 5.95. The molecule has 1 aliphatic carbocycles. The van der Waals surface area contributed by atoms with E-state index in [9.17, 15) is 4.39 Å². The molecule has 0 aromatic heterocycles. The van der Waals surface area contributed by atoms with Crippen LogP contribution in [0.25, 0.3) is 0 Å². The van der Waals surface area contributed by atoms with Gasteiger partial charge in [-0.15, -0.1) is 0 Å². The predicted molar refractivity (Wildman–Crippen MR) is 66.5 cm³/mol.